The quantitative estimate of drug-likeness (QED) is 0.283. The van der Waals surface area contributed by atoms with E-state index in [9.17, 15) is 18.0 Å². The summed E-state index contributed by atoms with van der Waals surface area (Å²) in [5, 5.41) is 12.1. The minimum absolute atomic E-state index is 0.00560. The SMILES string of the molecule is CC(C)Oc1cccc2ccc(-c3nnc4ccc([C@H](N5CC[C@](C)(NC(=O)OC(C)(C)C)C5)C(F)(F)F)cn34)nc12. The Bertz CT molecular complexity index is 1610. The van der Waals surface area contributed by atoms with Crippen LogP contribution in [0.4, 0.5) is 18.0 Å². The van der Waals surface area contributed by atoms with Gasteiger partial charge in [-0.25, -0.2) is 9.78 Å². The van der Waals surface area contributed by atoms with Crippen molar-refractivity contribution in [3.05, 3.63) is 54.2 Å². The number of nitrogens with one attached hydrogen (secondary N) is 1. The lowest BCUT2D eigenvalue weighted by Crippen LogP contribution is -2.50. The number of rotatable bonds is 6. The monoisotopic (exact) mass is 584 g/mol. The number of carbonyl (C=O) groups is 1. The van der Waals surface area contributed by atoms with E-state index in [2.05, 4.69) is 15.5 Å². The number of fused-ring (bicyclic) bond motifs is 2. The van der Waals surface area contributed by atoms with Crippen molar-refractivity contribution in [3.63, 3.8) is 0 Å². The first-order valence-corrected chi connectivity index (χ1v) is 13.9. The van der Waals surface area contributed by atoms with E-state index in [0.717, 1.165) is 5.39 Å². The van der Waals surface area contributed by atoms with Crippen LogP contribution < -0.4 is 10.1 Å². The van der Waals surface area contributed by atoms with Gasteiger partial charge in [0.25, 0.3) is 0 Å². The normalized spacial score (nSPS) is 19.0. The molecule has 42 heavy (non-hydrogen) atoms. The standard InChI is InChI=1S/C30H35F3N6O3/c1-18(2)41-22-9-7-8-19-10-12-21(34-24(19)22)26-37-36-23-13-11-20(16-39(23)26)25(30(31,32)33)38-15-14-29(6,17-38)35-27(40)42-28(3,4)5/h7-13,16,18,25H,14-15,17H2,1-6H3,(H,35,40)/t25-,29-/m0/s1. The Morgan fingerprint density at radius 3 is 2.52 bits per heavy atom. The molecule has 0 unspecified atom stereocenters. The van der Waals surface area contributed by atoms with Gasteiger partial charge < -0.3 is 14.8 Å². The molecule has 4 aromatic rings. The number of pyridine rings is 2. The van der Waals surface area contributed by atoms with Crippen molar-refractivity contribution in [1.82, 2.24) is 29.8 Å². The number of likely N-dealkylation sites (tertiary alicyclic amines) is 1. The average Bonchev–Trinajstić information content (AvgIpc) is 3.45. The summed E-state index contributed by atoms with van der Waals surface area (Å²) in [6.07, 6.45) is -3.55. The molecule has 224 valence electrons. The molecule has 1 aliphatic heterocycles. The van der Waals surface area contributed by atoms with Gasteiger partial charge in [-0.1, -0.05) is 24.3 Å². The summed E-state index contributed by atoms with van der Waals surface area (Å²) in [6, 6.07) is 10.3. The Labute approximate surface area is 242 Å². The summed E-state index contributed by atoms with van der Waals surface area (Å²) < 4.78 is 56.7. The van der Waals surface area contributed by atoms with Crippen molar-refractivity contribution >= 4 is 22.6 Å². The Hall–Kier alpha value is -3.93. The lowest BCUT2D eigenvalue weighted by atomic mass is 10.0. The van der Waals surface area contributed by atoms with Crippen LogP contribution in [0.15, 0.2) is 48.7 Å². The number of halogens is 3. The highest BCUT2D eigenvalue weighted by Gasteiger charge is 2.49. The summed E-state index contributed by atoms with van der Waals surface area (Å²) >= 11 is 0. The maximum Gasteiger partial charge on any atom is 0.408 e. The second kappa shape index (κ2) is 10.7. The Morgan fingerprint density at radius 2 is 1.83 bits per heavy atom. The molecule has 0 spiro atoms. The summed E-state index contributed by atoms with van der Waals surface area (Å²) in [5.41, 5.74) is -0.113. The first kappa shape index (κ1) is 29.6. The Balaban J connectivity index is 1.48. The fraction of sp³-hybridized carbons (Fsp3) is 0.467. The zero-order chi connectivity index (χ0) is 30.4. The third kappa shape index (κ3) is 6.28. The zero-order valence-electron chi connectivity index (χ0n) is 24.5. The molecule has 0 aliphatic carbocycles. The van der Waals surface area contributed by atoms with Crippen LogP contribution in [0.5, 0.6) is 5.75 Å². The van der Waals surface area contributed by atoms with E-state index < -0.39 is 29.5 Å². The van der Waals surface area contributed by atoms with E-state index in [1.807, 2.05) is 38.1 Å². The molecule has 4 heterocycles. The highest BCUT2D eigenvalue weighted by atomic mass is 19.4. The van der Waals surface area contributed by atoms with Crippen molar-refractivity contribution in [1.29, 1.82) is 0 Å². The van der Waals surface area contributed by atoms with Crippen LogP contribution in [-0.4, -0.2) is 67.1 Å². The molecule has 9 nitrogen and oxygen atoms in total. The van der Waals surface area contributed by atoms with Crippen molar-refractivity contribution in [2.24, 2.45) is 0 Å². The summed E-state index contributed by atoms with van der Waals surface area (Å²) in [6.45, 7) is 10.9. The molecule has 2 atom stereocenters. The highest BCUT2D eigenvalue weighted by Crippen LogP contribution is 2.41. The van der Waals surface area contributed by atoms with Crippen LogP contribution >= 0.6 is 0 Å². The number of alkyl halides is 3. The van der Waals surface area contributed by atoms with Gasteiger partial charge in [0.1, 0.15) is 28.6 Å². The topological polar surface area (TPSA) is 93.9 Å². The number of aromatic nitrogens is 4. The van der Waals surface area contributed by atoms with Gasteiger partial charge in [-0.05, 0) is 71.7 Å². The molecule has 1 saturated heterocycles. The van der Waals surface area contributed by atoms with Gasteiger partial charge in [0, 0.05) is 24.7 Å². The number of hydrogen-bond donors (Lipinski definition) is 1. The van der Waals surface area contributed by atoms with E-state index in [0.29, 0.717) is 34.9 Å². The van der Waals surface area contributed by atoms with Crippen LogP contribution in [0.3, 0.4) is 0 Å². The maximum atomic E-state index is 14.6. The van der Waals surface area contributed by atoms with Crippen LogP contribution in [0.2, 0.25) is 0 Å². The largest absolute Gasteiger partial charge is 0.489 e. The fourth-order valence-electron chi connectivity index (χ4n) is 5.31. The zero-order valence-corrected chi connectivity index (χ0v) is 24.5. The lowest BCUT2D eigenvalue weighted by molar-refractivity contribution is -0.184. The number of hydrogen-bond acceptors (Lipinski definition) is 7. The van der Waals surface area contributed by atoms with E-state index >= 15 is 0 Å². The molecule has 1 aromatic carbocycles. The Morgan fingerprint density at radius 1 is 1.07 bits per heavy atom. The van der Waals surface area contributed by atoms with Gasteiger partial charge in [-0.15, -0.1) is 10.2 Å². The molecule has 12 heteroatoms. The third-order valence-corrected chi connectivity index (χ3v) is 7.00. The molecule has 0 radical (unpaired) electrons. The predicted octanol–water partition coefficient (Wildman–Crippen LogP) is 6.32. The van der Waals surface area contributed by atoms with Crippen molar-refractivity contribution in [2.45, 2.75) is 77.4 Å². The number of ether oxygens (including phenoxy) is 2. The first-order chi connectivity index (χ1) is 19.6. The van der Waals surface area contributed by atoms with Gasteiger partial charge in [0.2, 0.25) is 0 Å². The number of para-hydroxylation sites is 1. The molecule has 1 N–H and O–H groups in total. The van der Waals surface area contributed by atoms with Gasteiger partial charge in [0.05, 0.1) is 11.6 Å². The summed E-state index contributed by atoms with van der Waals surface area (Å²) in [7, 11) is 0. The van der Waals surface area contributed by atoms with Crippen LogP contribution in [-0.2, 0) is 4.74 Å². The molecular weight excluding hydrogens is 549 g/mol. The van der Waals surface area contributed by atoms with Gasteiger partial charge in [-0.3, -0.25) is 9.30 Å². The van der Waals surface area contributed by atoms with Gasteiger partial charge >= 0.3 is 12.3 Å². The molecule has 1 aliphatic rings. The van der Waals surface area contributed by atoms with Crippen LogP contribution in [0, 0.1) is 0 Å². The third-order valence-electron chi connectivity index (χ3n) is 7.00. The lowest BCUT2D eigenvalue weighted by Gasteiger charge is -2.32. The molecular formula is C30H35F3N6O3. The number of benzene rings is 1. The predicted molar refractivity (Wildman–Crippen MR) is 152 cm³/mol. The molecule has 3 aromatic heterocycles. The first-order valence-electron chi connectivity index (χ1n) is 13.9. The summed E-state index contributed by atoms with van der Waals surface area (Å²) in [4.78, 5) is 18.5. The second-order valence-corrected chi connectivity index (χ2v) is 12.3. The van der Waals surface area contributed by atoms with Crippen molar-refractivity contribution in [3.8, 4) is 17.3 Å². The van der Waals surface area contributed by atoms with Gasteiger partial charge in [-0.2, -0.15) is 13.2 Å². The minimum atomic E-state index is -4.58. The summed E-state index contributed by atoms with van der Waals surface area (Å²) in [5.74, 6) is 0.917. The molecule has 5 rings (SSSR count). The van der Waals surface area contributed by atoms with Crippen LogP contribution in [0.1, 0.15) is 59.6 Å². The number of amides is 1. The van der Waals surface area contributed by atoms with E-state index in [1.165, 1.54) is 27.6 Å². The van der Waals surface area contributed by atoms with E-state index in [1.54, 1.807) is 33.8 Å². The molecule has 1 amide bonds. The highest BCUT2D eigenvalue weighted by molar-refractivity contribution is 5.86. The van der Waals surface area contributed by atoms with E-state index in [-0.39, 0.29) is 24.8 Å². The van der Waals surface area contributed by atoms with Crippen molar-refractivity contribution in [2.75, 3.05) is 13.1 Å². The molecule has 0 saturated carbocycles. The number of nitrogens with zero attached hydrogens (tertiary/aromatic N) is 5. The molecule has 0 bridgehead atoms. The maximum absolute atomic E-state index is 14.6. The van der Waals surface area contributed by atoms with E-state index in [4.69, 9.17) is 14.5 Å². The van der Waals surface area contributed by atoms with Crippen LogP contribution in [0.25, 0.3) is 28.1 Å². The Kier molecular flexibility index (Phi) is 7.55. The average molecular weight is 585 g/mol. The minimum Gasteiger partial charge on any atom is -0.489 e. The van der Waals surface area contributed by atoms with Crippen molar-refractivity contribution < 1.29 is 27.4 Å². The number of carbonyl (C=O) groups excluding carboxylic acids is 1. The smallest absolute Gasteiger partial charge is 0.408 e. The second-order valence-electron chi connectivity index (χ2n) is 12.3. The number of alkyl carbamates (subject to hydrolysis) is 1. The molecule has 1 fully saturated rings. The van der Waals surface area contributed by atoms with Gasteiger partial charge in [0.15, 0.2) is 11.5 Å². The fourth-order valence-corrected chi connectivity index (χ4v) is 5.31.